The summed E-state index contributed by atoms with van der Waals surface area (Å²) < 4.78 is 38.3. The molecule has 1 aromatic carbocycles. The molecule has 0 unspecified atom stereocenters. The molecule has 0 aliphatic rings. The number of benzene rings is 1. The molecule has 9 heteroatoms. The van der Waals surface area contributed by atoms with Crippen LogP contribution in [0.25, 0.3) is 0 Å². The normalized spacial score (nSPS) is 11.1. The maximum Gasteiger partial charge on any atom is 0.418 e. The molecule has 0 radical (unpaired) electrons. The Morgan fingerprint density at radius 2 is 2.00 bits per heavy atom. The number of anilines is 1. The van der Waals surface area contributed by atoms with E-state index < -0.39 is 36.0 Å². The number of carbonyl (C=O) groups is 2. The molecule has 0 saturated carbocycles. The Bertz CT molecular complexity index is 534. The molecule has 20 heavy (non-hydrogen) atoms. The number of hydrogen-bond acceptors (Lipinski definition) is 2. The lowest BCUT2D eigenvalue weighted by molar-refractivity contribution is -0.138. The van der Waals surface area contributed by atoms with Crippen molar-refractivity contribution in [2.45, 2.75) is 6.18 Å². The number of likely N-dealkylation sites (N-methyl/N-ethyl adjacent to an activating group) is 1. The zero-order valence-corrected chi connectivity index (χ0v) is 10.9. The SMILES string of the molecule is CN(CC(=O)O)C(=O)Nc1c(Cl)cccc1C(F)(F)F. The smallest absolute Gasteiger partial charge is 0.418 e. The zero-order valence-electron chi connectivity index (χ0n) is 10.2. The van der Waals surface area contributed by atoms with E-state index in [4.69, 9.17) is 16.7 Å². The van der Waals surface area contributed by atoms with E-state index in [0.717, 1.165) is 19.2 Å². The van der Waals surface area contributed by atoms with Crippen molar-refractivity contribution in [3.05, 3.63) is 28.8 Å². The Hall–Kier alpha value is -1.96. The molecule has 0 saturated heterocycles. The standard InChI is InChI=1S/C11H10ClF3N2O3/c1-17(5-8(18)19)10(20)16-9-6(11(13,14)15)3-2-4-7(9)12/h2-4H,5H2,1H3,(H,16,20)(H,18,19). The summed E-state index contributed by atoms with van der Waals surface area (Å²) in [6.45, 7) is -0.655. The summed E-state index contributed by atoms with van der Waals surface area (Å²) in [5.41, 5.74) is -1.72. The van der Waals surface area contributed by atoms with E-state index >= 15 is 0 Å². The molecule has 110 valence electrons. The zero-order chi connectivity index (χ0) is 15.5. The molecular weight excluding hydrogens is 301 g/mol. The summed E-state index contributed by atoms with van der Waals surface area (Å²) in [6.07, 6.45) is -4.70. The fourth-order valence-electron chi connectivity index (χ4n) is 1.36. The van der Waals surface area contributed by atoms with Gasteiger partial charge in [-0.25, -0.2) is 4.79 Å². The van der Waals surface area contributed by atoms with Crippen molar-refractivity contribution in [3.63, 3.8) is 0 Å². The van der Waals surface area contributed by atoms with Gasteiger partial charge in [-0.05, 0) is 12.1 Å². The first-order valence-corrected chi connectivity index (χ1v) is 5.60. The minimum atomic E-state index is -4.70. The van der Waals surface area contributed by atoms with Crippen molar-refractivity contribution in [2.75, 3.05) is 18.9 Å². The molecule has 2 N–H and O–H groups in total. The Kier molecular flexibility index (Phi) is 4.83. The topological polar surface area (TPSA) is 69.6 Å². The number of hydrogen-bond donors (Lipinski definition) is 2. The van der Waals surface area contributed by atoms with Gasteiger partial charge in [0.25, 0.3) is 0 Å². The number of carboxylic acids is 1. The number of carboxylic acid groups (broad SMARTS) is 1. The van der Waals surface area contributed by atoms with Gasteiger partial charge in [-0.15, -0.1) is 0 Å². The lowest BCUT2D eigenvalue weighted by atomic mass is 10.1. The van der Waals surface area contributed by atoms with Crippen LogP contribution in [-0.4, -0.2) is 35.6 Å². The average molecular weight is 311 g/mol. The summed E-state index contributed by atoms with van der Waals surface area (Å²) in [5.74, 6) is -1.29. The van der Waals surface area contributed by atoms with E-state index in [9.17, 15) is 22.8 Å². The molecule has 0 atom stereocenters. The fourth-order valence-corrected chi connectivity index (χ4v) is 1.59. The first kappa shape index (κ1) is 16.1. The molecule has 0 aliphatic heterocycles. The van der Waals surface area contributed by atoms with Crippen LogP contribution in [0.15, 0.2) is 18.2 Å². The molecule has 5 nitrogen and oxygen atoms in total. The number of rotatable bonds is 3. The number of urea groups is 1. The van der Waals surface area contributed by atoms with Gasteiger partial charge >= 0.3 is 18.2 Å². The molecule has 1 aromatic rings. The number of amides is 2. The van der Waals surface area contributed by atoms with Crippen molar-refractivity contribution in [1.29, 1.82) is 0 Å². The molecule has 0 bridgehead atoms. The van der Waals surface area contributed by atoms with Gasteiger partial charge in [0.05, 0.1) is 16.3 Å². The highest BCUT2D eigenvalue weighted by atomic mass is 35.5. The van der Waals surface area contributed by atoms with E-state index in [2.05, 4.69) is 0 Å². The fraction of sp³-hybridized carbons (Fsp3) is 0.273. The van der Waals surface area contributed by atoms with Crippen molar-refractivity contribution in [3.8, 4) is 0 Å². The number of nitrogens with one attached hydrogen (secondary N) is 1. The predicted molar refractivity (Wildman–Crippen MR) is 65.7 cm³/mol. The van der Waals surface area contributed by atoms with E-state index in [1.165, 1.54) is 6.07 Å². The molecule has 2 amide bonds. The van der Waals surface area contributed by atoms with Crippen LogP contribution in [-0.2, 0) is 11.0 Å². The summed E-state index contributed by atoms with van der Waals surface area (Å²) in [5, 5.41) is 10.2. The Balaban J connectivity index is 3.03. The first-order valence-electron chi connectivity index (χ1n) is 5.22. The van der Waals surface area contributed by atoms with Gasteiger partial charge in [-0.2, -0.15) is 13.2 Å². The second-order valence-corrected chi connectivity index (χ2v) is 4.25. The second-order valence-electron chi connectivity index (χ2n) is 3.84. The monoisotopic (exact) mass is 310 g/mol. The average Bonchev–Trinajstić information content (AvgIpc) is 2.29. The van der Waals surface area contributed by atoms with E-state index in [1.807, 2.05) is 5.32 Å². The number of para-hydroxylation sites is 1. The number of halogens is 4. The molecule has 0 heterocycles. The first-order chi connectivity index (χ1) is 9.12. The molecular formula is C11H10ClF3N2O3. The van der Waals surface area contributed by atoms with Crippen LogP contribution >= 0.6 is 11.6 Å². The third-order valence-electron chi connectivity index (χ3n) is 2.27. The lowest BCUT2D eigenvalue weighted by Crippen LogP contribution is -2.36. The van der Waals surface area contributed by atoms with Gasteiger partial charge in [-0.3, -0.25) is 4.79 Å². The molecule has 0 spiro atoms. The van der Waals surface area contributed by atoms with Crippen LogP contribution in [0.3, 0.4) is 0 Å². The molecule has 1 rings (SSSR count). The predicted octanol–water partition coefficient (Wildman–Crippen LogP) is 2.91. The van der Waals surface area contributed by atoms with Gasteiger partial charge in [0.1, 0.15) is 6.54 Å². The molecule has 0 fully saturated rings. The van der Waals surface area contributed by atoms with Crippen molar-refractivity contribution < 1.29 is 27.9 Å². The minimum absolute atomic E-state index is 0.295. The minimum Gasteiger partial charge on any atom is -0.480 e. The number of carbonyl (C=O) groups excluding carboxylic acids is 1. The second kappa shape index (κ2) is 6.00. The van der Waals surface area contributed by atoms with Crippen LogP contribution in [0.5, 0.6) is 0 Å². The van der Waals surface area contributed by atoms with Crippen LogP contribution in [0.2, 0.25) is 5.02 Å². The highest BCUT2D eigenvalue weighted by Crippen LogP contribution is 2.38. The number of alkyl halides is 3. The highest BCUT2D eigenvalue weighted by Gasteiger charge is 2.35. The summed E-state index contributed by atoms with van der Waals surface area (Å²) in [6, 6.07) is 2.04. The Labute approximate surface area is 116 Å². The largest absolute Gasteiger partial charge is 0.480 e. The molecule has 0 aliphatic carbocycles. The van der Waals surface area contributed by atoms with Gasteiger partial charge in [0.15, 0.2) is 0 Å². The lowest BCUT2D eigenvalue weighted by Gasteiger charge is -2.19. The van der Waals surface area contributed by atoms with Crippen molar-refractivity contribution in [1.82, 2.24) is 4.90 Å². The Morgan fingerprint density at radius 1 is 1.40 bits per heavy atom. The van der Waals surface area contributed by atoms with Crippen molar-refractivity contribution in [2.24, 2.45) is 0 Å². The number of nitrogens with zero attached hydrogens (tertiary/aromatic N) is 1. The summed E-state index contributed by atoms with van der Waals surface area (Å²) >= 11 is 5.64. The van der Waals surface area contributed by atoms with E-state index in [1.54, 1.807) is 0 Å². The summed E-state index contributed by atoms with van der Waals surface area (Å²) in [4.78, 5) is 22.8. The van der Waals surface area contributed by atoms with Gasteiger partial charge in [0.2, 0.25) is 0 Å². The Morgan fingerprint density at radius 3 is 2.50 bits per heavy atom. The third kappa shape index (κ3) is 4.02. The van der Waals surface area contributed by atoms with E-state index in [-0.39, 0.29) is 5.02 Å². The van der Waals surface area contributed by atoms with E-state index in [0.29, 0.717) is 4.90 Å². The van der Waals surface area contributed by atoms with Gasteiger partial charge in [0, 0.05) is 7.05 Å². The van der Waals surface area contributed by atoms with Gasteiger partial charge in [-0.1, -0.05) is 17.7 Å². The number of aliphatic carboxylic acids is 1. The van der Waals surface area contributed by atoms with Crippen LogP contribution in [0, 0.1) is 0 Å². The highest BCUT2D eigenvalue weighted by molar-refractivity contribution is 6.33. The van der Waals surface area contributed by atoms with Crippen LogP contribution < -0.4 is 5.32 Å². The van der Waals surface area contributed by atoms with Crippen molar-refractivity contribution >= 4 is 29.3 Å². The van der Waals surface area contributed by atoms with Gasteiger partial charge < -0.3 is 15.3 Å². The maximum absolute atomic E-state index is 12.8. The summed E-state index contributed by atoms with van der Waals surface area (Å²) in [7, 11) is 1.13. The maximum atomic E-state index is 12.8. The van der Waals surface area contributed by atoms with Crippen LogP contribution in [0.1, 0.15) is 5.56 Å². The van der Waals surface area contributed by atoms with Crippen LogP contribution in [0.4, 0.5) is 23.7 Å². The quantitative estimate of drug-likeness (QED) is 0.902. The third-order valence-corrected chi connectivity index (χ3v) is 2.59. The molecule has 0 aromatic heterocycles.